The topological polar surface area (TPSA) is 50.4 Å². The summed E-state index contributed by atoms with van der Waals surface area (Å²) in [5.41, 5.74) is 0. The summed E-state index contributed by atoms with van der Waals surface area (Å²) in [6.07, 6.45) is 3.43. The first-order valence-corrected chi connectivity index (χ1v) is 7.51. The average Bonchev–Trinajstić information content (AvgIpc) is 3.09. The quantitative estimate of drug-likeness (QED) is 0.615. The van der Waals surface area contributed by atoms with Crippen molar-refractivity contribution in [1.29, 1.82) is 0 Å². The average molecular weight is 260 g/mol. The van der Waals surface area contributed by atoms with E-state index in [0.717, 1.165) is 31.6 Å². The Morgan fingerprint density at radius 2 is 2.29 bits per heavy atom. The molecule has 1 atom stereocenters. The second kappa shape index (κ2) is 8.78. The third-order valence-electron chi connectivity index (χ3n) is 2.55. The van der Waals surface area contributed by atoms with Crippen LogP contribution in [-0.2, 0) is 9.53 Å². The standard InChI is InChI=1S/C12H24N2O2S/c1-3-6-13-11(7-16-2)8-17-9-12(15)14-10-4-5-10/h10-11,13H,3-9H2,1-2H3,(H,14,15). The van der Waals surface area contributed by atoms with E-state index in [1.165, 1.54) is 0 Å². The SMILES string of the molecule is CCCNC(COC)CSCC(=O)NC1CC1. The lowest BCUT2D eigenvalue weighted by Gasteiger charge is -2.16. The molecule has 0 aromatic carbocycles. The molecule has 0 bridgehead atoms. The summed E-state index contributed by atoms with van der Waals surface area (Å²) < 4.78 is 5.16. The van der Waals surface area contributed by atoms with Gasteiger partial charge >= 0.3 is 0 Å². The molecular weight excluding hydrogens is 236 g/mol. The lowest BCUT2D eigenvalue weighted by atomic mass is 10.3. The molecule has 1 aliphatic carbocycles. The number of ether oxygens (including phenoxy) is 1. The summed E-state index contributed by atoms with van der Waals surface area (Å²) in [5, 5.41) is 6.41. The van der Waals surface area contributed by atoms with Crippen molar-refractivity contribution in [3.8, 4) is 0 Å². The van der Waals surface area contributed by atoms with Crippen molar-refractivity contribution in [3.63, 3.8) is 0 Å². The molecule has 100 valence electrons. The van der Waals surface area contributed by atoms with Crippen molar-refractivity contribution in [3.05, 3.63) is 0 Å². The Morgan fingerprint density at radius 3 is 2.88 bits per heavy atom. The van der Waals surface area contributed by atoms with Gasteiger partial charge in [0.15, 0.2) is 0 Å². The predicted molar refractivity (Wildman–Crippen MR) is 72.4 cm³/mol. The van der Waals surface area contributed by atoms with E-state index in [4.69, 9.17) is 4.74 Å². The number of methoxy groups -OCH3 is 1. The molecule has 1 aliphatic rings. The van der Waals surface area contributed by atoms with E-state index in [0.29, 0.717) is 24.4 Å². The highest BCUT2D eigenvalue weighted by Crippen LogP contribution is 2.18. The van der Waals surface area contributed by atoms with Gasteiger partial charge in [0.1, 0.15) is 0 Å². The van der Waals surface area contributed by atoms with E-state index in [2.05, 4.69) is 17.6 Å². The van der Waals surface area contributed by atoms with Gasteiger partial charge in [-0.05, 0) is 25.8 Å². The highest BCUT2D eigenvalue weighted by atomic mass is 32.2. The van der Waals surface area contributed by atoms with Gasteiger partial charge in [-0.15, -0.1) is 0 Å². The molecule has 0 aliphatic heterocycles. The zero-order valence-electron chi connectivity index (χ0n) is 10.8. The van der Waals surface area contributed by atoms with Crippen LogP contribution in [0.15, 0.2) is 0 Å². The molecule has 1 unspecified atom stereocenters. The van der Waals surface area contributed by atoms with Gasteiger partial charge < -0.3 is 15.4 Å². The Kier molecular flexibility index (Phi) is 7.64. The molecule has 0 radical (unpaired) electrons. The molecule has 0 saturated heterocycles. The van der Waals surface area contributed by atoms with Crippen LogP contribution in [0.1, 0.15) is 26.2 Å². The smallest absolute Gasteiger partial charge is 0.230 e. The van der Waals surface area contributed by atoms with E-state index in [1.54, 1.807) is 18.9 Å². The van der Waals surface area contributed by atoms with E-state index < -0.39 is 0 Å². The van der Waals surface area contributed by atoms with Crippen LogP contribution in [0.2, 0.25) is 0 Å². The van der Waals surface area contributed by atoms with E-state index in [9.17, 15) is 4.79 Å². The maximum absolute atomic E-state index is 11.5. The van der Waals surface area contributed by atoms with Gasteiger partial charge in [-0.1, -0.05) is 6.92 Å². The fraction of sp³-hybridized carbons (Fsp3) is 0.917. The molecule has 1 amide bonds. The van der Waals surface area contributed by atoms with Crippen LogP contribution < -0.4 is 10.6 Å². The molecule has 1 rings (SSSR count). The summed E-state index contributed by atoms with van der Waals surface area (Å²) in [6.45, 7) is 3.85. The predicted octanol–water partition coefficient (Wildman–Crippen LogP) is 1.01. The minimum Gasteiger partial charge on any atom is -0.383 e. The minimum absolute atomic E-state index is 0.171. The fourth-order valence-corrected chi connectivity index (χ4v) is 2.39. The fourth-order valence-electron chi connectivity index (χ4n) is 1.51. The number of carbonyl (C=O) groups excluding carboxylic acids is 1. The summed E-state index contributed by atoms with van der Waals surface area (Å²) >= 11 is 1.68. The Labute approximate surface area is 108 Å². The number of amides is 1. The Morgan fingerprint density at radius 1 is 1.53 bits per heavy atom. The molecule has 1 fully saturated rings. The summed E-state index contributed by atoms with van der Waals surface area (Å²) in [4.78, 5) is 11.5. The van der Waals surface area contributed by atoms with Crippen LogP contribution in [0.4, 0.5) is 0 Å². The molecule has 0 heterocycles. The molecule has 1 saturated carbocycles. The summed E-state index contributed by atoms with van der Waals surface area (Å²) in [6, 6.07) is 0.815. The van der Waals surface area contributed by atoms with Gasteiger partial charge in [0, 0.05) is 24.9 Å². The van der Waals surface area contributed by atoms with Gasteiger partial charge in [0.25, 0.3) is 0 Å². The third-order valence-corrected chi connectivity index (χ3v) is 3.65. The van der Waals surface area contributed by atoms with Crippen molar-refractivity contribution in [2.75, 3.05) is 31.8 Å². The lowest BCUT2D eigenvalue weighted by Crippen LogP contribution is -2.36. The normalized spacial score (nSPS) is 16.8. The molecule has 0 spiro atoms. The third kappa shape index (κ3) is 7.63. The van der Waals surface area contributed by atoms with Crippen LogP contribution in [-0.4, -0.2) is 49.8 Å². The summed E-state index contributed by atoms with van der Waals surface area (Å²) in [5.74, 6) is 1.65. The van der Waals surface area contributed by atoms with E-state index in [1.807, 2.05) is 0 Å². The van der Waals surface area contributed by atoms with Crippen molar-refractivity contribution < 1.29 is 9.53 Å². The number of thioether (sulfide) groups is 1. The maximum Gasteiger partial charge on any atom is 0.230 e. The highest BCUT2D eigenvalue weighted by molar-refractivity contribution is 8.00. The first-order valence-electron chi connectivity index (χ1n) is 6.35. The second-order valence-corrected chi connectivity index (χ2v) is 5.49. The van der Waals surface area contributed by atoms with Gasteiger partial charge in [-0.3, -0.25) is 4.79 Å². The van der Waals surface area contributed by atoms with Crippen LogP contribution in [0.5, 0.6) is 0 Å². The number of carbonyl (C=O) groups is 1. The molecular formula is C12H24N2O2S. The largest absolute Gasteiger partial charge is 0.383 e. The molecule has 5 heteroatoms. The molecule has 0 aromatic heterocycles. The first kappa shape index (κ1) is 14.8. The number of hydrogen-bond acceptors (Lipinski definition) is 4. The maximum atomic E-state index is 11.5. The number of rotatable bonds is 10. The van der Waals surface area contributed by atoms with Gasteiger partial charge in [-0.25, -0.2) is 0 Å². The van der Waals surface area contributed by atoms with E-state index in [-0.39, 0.29) is 5.91 Å². The Hall–Kier alpha value is -0.260. The zero-order chi connectivity index (χ0) is 12.5. The van der Waals surface area contributed by atoms with Crippen molar-refractivity contribution in [2.24, 2.45) is 0 Å². The van der Waals surface area contributed by atoms with E-state index >= 15 is 0 Å². The highest BCUT2D eigenvalue weighted by Gasteiger charge is 2.23. The first-order chi connectivity index (χ1) is 8.26. The molecule has 17 heavy (non-hydrogen) atoms. The summed E-state index contributed by atoms with van der Waals surface area (Å²) in [7, 11) is 1.71. The molecule has 4 nitrogen and oxygen atoms in total. The van der Waals surface area contributed by atoms with Crippen LogP contribution in [0.25, 0.3) is 0 Å². The molecule has 0 aromatic rings. The van der Waals surface area contributed by atoms with Crippen LogP contribution >= 0.6 is 11.8 Å². The van der Waals surface area contributed by atoms with Gasteiger partial charge in [0.05, 0.1) is 12.4 Å². The monoisotopic (exact) mass is 260 g/mol. The number of hydrogen-bond donors (Lipinski definition) is 2. The van der Waals surface area contributed by atoms with Gasteiger partial charge in [0.2, 0.25) is 5.91 Å². The minimum atomic E-state index is 0.171. The van der Waals surface area contributed by atoms with Crippen molar-refractivity contribution in [2.45, 2.75) is 38.3 Å². The zero-order valence-corrected chi connectivity index (χ0v) is 11.6. The molecule has 2 N–H and O–H groups in total. The van der Waals surface area contributed by atoms with Crippen molar-refractivity contribution in [1.82, 2.24) is 10.6 Å². The Balaban J connectivity index is 2.05. The van der Waals surface area contributed by atoms with Crippen molar-refractivity contribution >= 4 is 17.7 Å². The van der Waals surface area contributed by atoms with Gasteiger partial charge in [-0.2, -0.15) is 11.8 Å². The Bertz CT molecular complexity index is 223. The van der Waals surface area contributed by atoms with Crippen LogP contribution in [0, 0.1) is 0 Å². The van der Waals surface area contributed by atoms with Crippen LogP contribution in [0.3, 0.4) is 0 Å². The number of nitrogens with one attached hydrogen (secondary N) is 2. The lowest BCUT2D eigenvalue weighted by molar-refractivity contribution is -0.118. The second-order valence-electron chi connectivity index (χ2n) is 4.46.